The average molecular weight is 186 g/mol. The summed E-state index contributed by atoms with van der Waals surface area (Å²) in [5.74, 6) is 1.39. The van der Waals surface area contributed by atoms with Gasteiger partial charge in [-0.25, -0.2) is 9.97 Å². The van der Waals surface area contributed by atoms with Gasteiger partial charge in [-0.15, -0.1) is 0 Å². The fourth-order valence-corrected chi connectivity index (χ4v) is 1.12. The highest BCUT2D eigenvalue weighted by molar-refractivity contribution is 5.34. The van der Waals surface area contributed by atoms with Crippen molar-refractivity contribution in [2.24, 2.45) is 0 Å². The maximum absolute atomic E-state index is 5.56. The number of hydrogen-bond acceptors (Lipinski definition) is 3. The first-order valence-electron chi connectivity index (χ1n) is 4.36. The first-order chi connectivity index (χ1) is 6.86. The zero-order valence-electron chi connectivity index (χ0n) is 7.84. The van der Waals surface area contributed by atoms with Crippen LogP contribution in [0.2, 0.25) is 0 Å². The number of benzene rings is 1. The van der Waals surface area contributed by atoms with Gasteiger partial charge in [-0.1, -0.05) is 18.2 Å². The monoisotopic (exact) mass is 186 g/mol. The lowest BCUT2D eigenvalue weighted by Crippen LogP contribution is -1.89. The van der Waals surface area contributed by atoms with Crippen LogP contribution in [0, 0.1) is 6.92 Å². The maximum Gasteiger partial charge on any atom is 0.222 e. The van der Waals surface area contributed by atoms with E-state index < -0.39 is 0 Å². The van der Waals surface area contributed by atoms with Gasteiger partial charge in [-0.05, 0) is 18.6 Å². The Balaban J connectivity index is 2.24. The Bertz CT molecular complexity index is 415. The third-order valence-corrected chi connectivity index (χ3v) is 1.86. The number of hydrogen-bond donors (Lipinski definition) is 0. The molecule has 14 heavy (non-hydrogen) atoms. The predicted octanol–water partition coefficient (Wildman–Crippen LogP) is 2.58. The maximum atomic E-state index is 5.56. The summed E-state index contributed by atoms with van der Waals surface area (Å²) < 4.78 is 5.56. The van der Waals surface area contributed by atoms with Crippen LogP contribution in [-0.2, 0) is 0 Å². The number of para-hydroxylation sites is 1. The van der Waals surface area contributed by atoms with Crippen molar-refractivity contribution in [1.29, 1.82) is 0 Å². The summed E-state index contributed by atoms with van der Waals surface area (Å²) in [6, 6.07) is 9.55. The van der Waals surface area contributed by atoms with Gasteiger partial charge < -0.3 is 4.74 Å². The zero-order chi connectivity index (χ0) is 9.80. The predicted molar refractivity (Wildman–Crippen MR) is 53.3 cm³/mol. The van der Waals surface area contributed by atoms with Gasteiger partial charge in [0.05, 0.1) is 0 Å². The Labute approximate surface area is 82.4 Å². The Morgan fingerprint density at radius 3 is 2.71 bits per heavy atom. The summed E-state index contributed by atoms with van der Waals surface area (Å²) in [7, 11) is 0. The molecule has 0 aliphatic heterocycles. The van der Waals surface area contributed by atoms with Gasteiger partial charge in [0, 0.05) is 12.3 Å². The summed E-state index contributed by atoms with van der Waals surface area (Å²) >= 11 is 0. The lowest BCUT2D eigenvalue weighted by Gasteiger charge is -2.05. The molecule has 1 heterocycles. The number of nitrogens with zero attached hydrogens (tertiary/aromatic N) is 2. The van der Waals surface area contributed by atoms with Crippen molar-refractivity contribution in [3.05, 3.63) is 48.4 Å². The minimum absolute atomic E-state index is 0.564. The van der Waals surface area contributed by atoms with E-state index in [1.807, 2.05) is 31.2 Å². The molecule has 70 valence electrons. The molecule has 0 saturated carbocycles. The second-order valence-electron chi connectivity index (χ2n) is 2.92. The molecule has 0 bridgehead atoms. The number of aryl methyl sites for hydroxylation is 1. The lowest BCUT2D eigenvalue weighted by atomic mass is 10.2. The van der Waals surface area contributed by atoms with Crippen molar-refractivity contribution in [3.63, 3.8) is 0 Å². The molecule has 1 aromatic carbocycles. The van der Waals surface area contributed by atoms with Gasteiger partial charge in [0.15, 0.2) is 0 Å². The highest BCUT2D eigenvalue weighted by Gasteiger charge is 1.99. The van der Waals surface area contributed by atoms with Crippen molar-refractivity contribution in [2.45, 2.75) is 6.92 Å². The van der Waals surface area contributed by atoms with E-state index in [0.29, 0.717) is 5.88 Å². The van der Waals surface area contributed by atoms with Crippen molar-refractivity contribution < 1.29 is 4.74 Å². The summed E-state index contributed by atoms with van der Waals surface area (Å²) in [4.78, 5) is 7.80. The van der Waals surface area contributed by atoms with Gasteiger partial charge in [0.25, 0.3) is 0 Å². The molecular formula is C11H10N2O. The van der Waals surface area contributed by atoms with Crippen LogP contribution in [-0.4, -0.2) is 9.97 Å². The minimum Gasteiger partial charge on any atom is -0.439 e. The molecule has 3 heteroatoms. The van der Waals surface area contributed by atoms with E-state index in [1.54, 1.807) is 12.3 Å². The van der Waals surface area contributed by atoms with Crippen LogP contribution < -0.4 is 4.74 Å². The molecular weight excluding hydrogens is 176 g/mol. The van der Waals surface area contributed by atoms with E-state index in [9.17, 15) is 0 Å². The highest BCUT2D eigenvalue weighted by atomic mass is 16.5. The van der Waals surface area contributed by atoms with E-state index in [1.165, 1.54) is 6.33 Å². The number of aromatic nitrogens is 2. The van der Waals surface area contributed by atoms with E-state index in [-0.39, 0.29) is 0 Å². The van der Waals surface area contributed by atoms with E-state index in [4.69, 9.17) is 4.74 Å². The van der Waals surface area contributed by atoms with Gasteiger partial charge in [-0.2, -0.15) is 0 Å². The second-order valence-corrected chi connectivity index (χ2v) is 2.92. The molecule has 0 spiro atoms. The molecule has 2 aromatic rings. The van der Waals surface area contributed by atoms with Crippen LogP contribution in [0.25, 0.3) is 0 Å². The first kappa shape index (κ1) is 8.69. The number of rotatable bonds is 2. The Morgan fingerprint density at radius 1 is 1.14 bits per heavy atom. The van der Waals surface area contributed by atoms with Crippen molar-refractivity contribution in [3.8, 4) is 11.6 Å². The smallest absolute Gasteiger partial charge is 0.222 e. The van der Waals surface area contributed by atoms with Crippen molar-refractivity contribution in [2.75, 3.05) is 0 Å². The summed E-state index contributed by atoms with van der Waals surface area (Å²) in [5, 5.41) is 0. The van der Waals surface area contributed by atoms with E-state index in [2.05, 4.69) is 9.97 Å². The van der Waals surface area contributed by atoms with Crippen LogP contribution in [0.15, 0.2) is 42.9 Å². The van der Waals surface area contributed by atoms with Crippen molar-refractivity contribution in [1.82, 2.24) is 9.97 Å². The quantitative estimate of drug-likeness (QED) is 0.723. The fraction of sp³-hybridized carbons (Fsp3) is 0.0909. The Kier molecular flexibility index (Phi) is 2.40. The SMILES string of the molecule is Cc1ccccc1Oc1ccncn1. The first-order valence-corrected chi connectivity index (χ1v) is 4.36. The normalized spacial score (nSPS) is 9.79. The standard InChI is InChI=1S/C11H10N2O/c1-9-4-2-3-5-10(9)14-11-6-7-12-8-13-11/h2-8H,1H3. The molecule has 0 saturated heterocycles. The molecule has 0 N–H and O–H groups in total. The second kappa shape index (κ2) is 3.87. The fourth-order valence-electron chi connectivity index (χ4n) is 1.12. The number of ether oxygens (including phenoxy) is 1. The van der Waals surface area contributed by atoms with Crippen LogP contribution in [0.4, 0.5) is 0 Å². The third-order valence-electron chi connectivity index (χ3n) is 1.86. The van der Waals surface area contributed by atoms with Gasteiger partial charge in [0.2, 0.25) is 5.88 Å². The summed E-state index contributed by atoms with van der Waals surface area (Å²) in [6.07, 6.45) is 3.12. The molecule has 0 fully saturated rings. The Morgan fingerprint density at radius 2 is 2.00 bits per heavy atom. The van der Waals surface area contributed by atoms with Crippen molar-refractivity contribution >= 4 is 0 Å². The molecule has 0 aliphatic rings. The average Bonchev–Trinajstić information content (AvgIpc) is 2.23. The van der Waals surface area contributed by atoms with Crippen LogP contribution >= 0.6 is 0 Å². The topological polar surface area (TPSA) is 35.0 Å². The highest BCUT2D eigenvalue weighted by Crippen LogP contribution is 2.21. The van der Waals surface area contributed by atoms with Gasteiger partial charge in [-0.3, -0.25) is 0 Å². The lowest BCUT2D eigenvalue weighted by molar-refractivity contribution is 0.458. The molecule has 3 nitrogen and oxygen atoms in total. The molecule has 0 aliphatic carbocycles. The molecule has 1 aromatic heterocycles. The van der Waals surface area contributed by atoms with E-state index >= 15 is 0 Å². The largest absolute Gasteiger partial charge is 0.439 e. The molecule has 0 radical (unpaired) electrons. The van der Waals surface area contributed by atoms with Gasteiger partial charge in [0.1, 0.15) is 12.1 Å². The molecule has 0 unspecified atom stereocenters. The summed E-state index contributed by atoms with van der Waals surface area (Å²) in [6.45, 7) is 2.00. The molecule has 0 atom stereocenters. The van der Waals surface area contributed by atoms with E-state index in [0.717, 1.165) is 11.3 Å². The minimum atomic E-state index is 0.564. The zero-order valence-corrected chi connectivity index (χ0v) is 7.84. The molecule has 2 rings (SSSR count). The van der Waals surface area contributed by atoms with Gasteiger partial charge >= 0.3 is 0 Å². The van der Waals surface area contributed by atoms with Crippen LogP contribution in [0.3, 0.4) is 0 Å². The molecule has 0 amide bonds. The Hall–Kier alpha value is -1.90. The van der Waals surface area contributed by atoms with Crippen LogP contribution in [0.1, 0.15) is 5.56 Å². The summed E-state index contributed by atoms with van der Waals surface area (Å²) in [5.41, 5.74) is 1.09. The third kappa shape index (κ3) is 1.88. The van der Waals surface area contributed by atoms with Crippen LogP contribution in [0.5, 0.6) is 11.6 Å².